The molecule has 3 aromatic rings. The quantitative estimate of drug-likeness (QED) is 0.640. The Balaban J connectivity index is 1.56. The zero-order valence-corrected chi connectivity index (χ0v) is 17.5. The van der Waals surface area contributed by atoms with Gasteiger partial charge in [-0.15, -0.1) is 0 Å². The molecule has 5 rings (SSSR count). The Morgan fingerprint density at radius 3 is 2.48 bits per heavy atom. The third kappa shape index (κ3) is 3.74. The van der Waals surface area contributed by atoms with Crippen molar-refractivity contribution >= 4 is 16.8 Å². The van der Waals surface area contributed by atoms with E-state index in [0.29, 0.717) is 29.7 Å². The Morgan fingerprint density at radius 2 is 1.84 bits per heavy atom. The van der Waals surface area contributed by atoms with Gasteiger partial charge in [-0.2, -0.15) is 10.2 Å². The Kier molecular flexibility index (Phi) is 4.85. The van der Waals surface area contributed by atoms with Crippen LogP contribution in [0.4, 0.5) is 4.39 Å². The third-order valence-electron chi connectivity index (χ3n) is 5.80. The van der Waals surface area contributed by atoms with E-state index < -0.39 is 0 Å². The van der Waals surface area contributed by atoms with E-state index in [1.165, 1.54) is 21.5 Å². The molecule has 0 N–H and O–H groups in total. The van der Waals surface area contributed by atoms with Gasteiger partial charge in [0.05, 0.1) is 29.8 Å². The molecule has 2 aromatic heterocycles. The van der Waals surface area contributed by atoms with Gasteiger partial charge in [-0.1, -0.05) is 0 Å². The van der Waals surface area contributed by atoms with Gasteiger partial charge in [0.25, 0.3) is 5.56 Å². The Hall–Kier alpha value is -3.07. The normalized spacial score (nSPS) is 21.6. The first-order valence-electron chi connectivity index (χ1n) is 10.6. The van der Waals surface area contributed by atoms with Crippen LogP contribution in [0.25, 0.3) is 16.6 Å². The molecule has 0 radical (unpaired) electrons. The number of halogens is 1. The summed E-state index contributed by atoms with van der Waals surface area (Å²) in [6.45, 7) is 4.70. The molecule has 31 heavy (non-hydrogen) atoms. The van der Waals surface area contributed by atoms with Gasteiger partial charge in [-0.05, 0) is 51.0 Å². The predicted octanol–water partition coefficient (Wildman–Crippen LogP) is 2.23. The molecule has 1 aliphatic heterocycles. The lowest BCUT2D eigenvalue weighted by molar-refractivity contribution is -0.144. The number of aromatic nitrogens is 4. The van der Waals surface area contributed by atoms with Crippen LogP contribution in [0.15, 0.2) is 35.3 Å². The van der Waals surface area contributed by atoms with Crippen molar-refractivity contribution < 1.29 is 13.9 Å². The van der Waals surface area contributed by atoms with Gasteiger partial charge in [0.2, 0.25) is 5.91 Å². The number of carbonyl (C=O) groups excluding carboxylic acids is 1. The maximum atomic E-state index is 13.4. The topological polar surface area (TPSA) is 82.3 Å². The molecule has 2 fully saturated rings. The monoisotopic (exact) mass is 425 g/mol. The van der Waals surface area contributed by atoms with Gasteiger partial charge in [0.1, 0.15) is 17.9 Å². The first-order valence-corrected chi connectivity index (χ1v) is 10.6. The molecular weight excluding hydrogens is 401 g/mol. The first-order chi connectivity index (χ1) is 14.9. The van der Waals surface area contributed by atoms with Crippen LogP contribution >= 0.6 is 0 Å². The zero-order chi connectivity index (χ0) is 21.7. The number of nitrogens with zero attached hydrogens (tertiary/aromatic N) is 5. The van der Waals surface area contributed by atoms with E-state index in [2.05, 4.69) is 10.2 Å². The molecule has 9 heteroatoms. The van der Waals surface area contributed by atoms with Crippen molar-refractivity contribution in [3.05, 3.63) is 52.3 Å². The van der Waals surface area contributed by atoms with Gasteiger partial charge in [0.15, 0.2) is 0 Å². The average molecular weight is 425 g/mol. The van der Waals surface area contributed by atoms with Crippen LogP contribution in [0.2, 0.25) is 0 Å². The van der Waals surface area contributed by atoms with Crippen molar-refractivity contribution in [3.8, 4) is 5.69 Å². The molecule has 1 saturated carbocycles. The summed E-state index contributed by atoms with van der Waals surface area (Å²) >= 11 is 0. The summed E-state index contributed by atoms with van der Waals surface area (Å²) in [5.74, 6) is -0.262. The van der Waals surface area contributed by atoms with Crippen molar-refractivity contribution in [2.45, 2.75) is 51.4 Å². The van der Waals surface area contributed by atoms with Crippen LogP contribution in [-0.2, 0) is 16.1 Å². The van der Waals surface area contributed by atoms with Crippen LogP contribution < -0.4 is 5.56 Å². The lowest BCUT2D eigenvalue weighted by atomic mass is 10.2. The number of amides is 1. The molecule has 2 aliphatic rings. The predicted molar refractivity (Wildman–Crippen MR) is 112 cm³/mol. The van der Waals surface area contributed by atoms with Crippen molar-refractivity contribution in [1.82, 2.24) is 24.5 Å². The van der Waals surface area contributed by atoms with Gasteiger partial charge in [-0.3, -0.25) is 9.59 Å². The molecular formula is C22H24FN5O3. The molecule has 1 amide bonds. The minimum atomic E-state index is -0.385. The van der Waals surface area contributed by atoms with E-state index in [0.717, 1.165) is 18.5 Å². The van der Waals surface area contributed by atoms with E-state index in [4.69, 9.17) is 4.74 Å². The number of rotatable bonds is 4. The largest absolute Gasteiger partial charge is 0.372 e. The molecule has 3 heterocycles. The Morgan fingerprint density at radius 1 is 1.16 bits per heavy atom. The zero-order valence-electron chi connectivity index (χ0n) is 17.5. The van der Waals surface area contributed by atoms with Gasteiger partial charge >= 0.3 is 0 Å². The van der Waals surface area contributed by atoms with Crippen molar-refractivity contribution in [2.75, 3.05) is 13.1 Å². The second kappa shape index (κ2) is 7.56. The highest BCUT2D eigenvalue weighted by molar-refractivity contribution is 5.83. The fourth-order valence-electron chi connectivity index (χ4n) is 4.25. The van der Waals surface area contributed by atoms with Crippen LogP contribution in [0.5, 0.6) is 0 Å². The smallest absolute Gasteiger partial charge is 0.293 e. The van der Waals surface area contributed by atoms with E-state index in [1.54, 1.807) is 23.2 Å². The highest BCUT2D eigenvalue weighted by atomic mass is 19.1. The number of morpholine rings is 1. The van der Waals surface area contributed by atoms with Crippen LogP contribution in [0.1, 0.15) is 38.3 Å². The van der Waals surface area contributed by atoms with Crippen LogP contribution in [-0.4, -0.2) is 55.7 Å². The molecule has 8 nitrogen and oxygen atoms in total. The minimum Gasteiger partial charge on any atom is -0.372 e. The lowest BCUT2D eigenvalue weighted by Gasteiger charge is -2.35. The van der Waals surface area contributed by atoms with Crippen molar-refractivity contribution in [1.29, 1.82) is 0 Å². The first kappa shape index (κ1) is 19.9. The standard InChI is InChI=1S/C22H24FN5O3/c1-13-10-26(11-14(2)31-13)19(29)12-27-22(30)21-18(20(25-27)15-3-4-15)9-24-28(21)17-7-5-16(23)6-8-17/h5-9,13-15H,3-4,10-12H2,1-2H3. The van der Waals surface area contributed by atoms with E-state index in [-0.39, 0.29) is 42.0 Å². The third-order valence-corrected chi connectivity index (χ3v) is 5.80. The minimum absolute atomic E-state index is 0.0539. The molecule has 0 bridgehead atoms. The molecule has 2 unspecified atom stereocenters. The Labute approximate surface area is 178 Å². The summed E-state index contributed by atoms with van der Waals surface area (Å²) in [7, 11) is 0. The second-order valence-corrected chi connectivity index (χ2v) is 8.47. The Bertz CT molecular complexity index is 1190. The maximum Gasteiger partial charge on any atom is 0.293 e. The van der Waals surface area contributed by atoms with Gasteiger partial charge < -0.3 is 9.64 Å². The van der Waals surface area contributed by atoms with E-state index in [1.807, 2.05) is 13.8 Å². The number of hydrogen-bond donors (Lipinski definition) is 0. The van der Waals surface area contributed by atoms with Gasteiger partial charge in [-0.25, -0.2) is 13.8 Å². The molecule has 1 saturated heterocycles. The lowest BCUT2D eigenvalue weighted by Crippen LogP contribution is -2.49. The van der Waals surface area contributed by atoms with E-state index >= 15 is 0 Å². The van der Waals surface area contributed by atoms with Crippen molar-refractivity contribution in [3.63, 3.8) is 0 Å². The van der Waals surface area contributed by atoms with Crippen LogP contribution in [0.3, 0.4) is 0 Å². The van der Waals surface area contributed by atoms with E-state index in [9.17, 15) is 14.0 Å². The molecule has 162 valence electrons. The molecule has 1 aliphatic carbocycles. The van der Waals surface area contributed by atoms with Crippen molar-refractivity contribution in [2.24, 2.45) is 0 Å². The molecule has 1 aromatic carbocycles. The summed E-state index contributed by atoms with van der Waals surface area (Å²) in [4.78, 5) is 28.1. The highest BCUT2D eigenvalue weighted by Crippen LogP contribution is 2.41. The fourth-order valence-corrected chi connectivity index (χ4v) is 4.25. The molecule has 0 spiro atoms. The fraction of sp³-hybridized carbons (Fsp3) is 0.455. The summed E-state index contributed by atoms with van der Waals surface area (Å²) < 4.78 is 21.8. The number of benzene rings is 1. The number of hydrogen-bond acceptors (Lipinski definition) is 5. The highest BCUT2D eigenvalue weighted by Gasteiger charge is 2.31. The number of carbonyl (C=O) groups is 1. The number of ether oxygens (including phenoxy) is 1. The molecule has 2 atom stereocenters. The summed E-state index contributed by atoms with van der Waals surface area (Å²) in [5.41, 5.74) is 1.35. The summed E-state index contributed by atoms with van der Waals surface area (Å²) in [5, 5.41) is 9.64. The summed E-state index contributed by atoms with van der Waals surface area (Å²) in [6, 6.07) is 5.80. The van der Waals surface area contributed by atoms with Crippen LogP contribution in [0, 0.1) is 5.82 Å². The summed E-state index contributed by atoms with van der Waals surface area (Å²) in [6.07, 6.45) is 3.52. The average Bonchev–Trinajstić information content (AvgIpc) is 3.48. The second-order valence-electron chi connectivity index (χ2n) is 8.47. The van der Waals surface area contributed by atoms with Gasteiger partial charge in [0, 0.05) is 24.4 Å². The number of fused-ring (bicyclic) bond motifs is 1. The SMILES string of the molecule is CC1CN(C(=O)Cn2nc(C3CC3)c3cnn(-c4ccc(F)cc4)c3c2=O)CC(C)O1. The maximum absolute atomic E-state index is 13.4.